The molecule has 0 aliphatic heterocycles. The van der Waals surface area contributed by atoms with Crippen LogP contribution in [0.25, 0.3) is 0 Å². The largest absolute Gasteiger partial charge is 0.399 e. The van der Waals surface area contributed by atoms with E-state index in [1.165, 1.54) is 32.2 Å². The third-order valence-electron chi connectivity index (χ3n) is 2.36. The number of carbonyl (C=O) groups is 1. The number of anilines is 2. The standard InChI is InChI=1S/C10H16N4O3S/c1-6(10(12)15)14-8-4-3-7(11)5-9(8)18(16,17)13-2/h3-6,13-14H,11H2,1-2H3,(H2,12,15). The van der Waals surface area contributed by atoms with E-state index in [1.807, 2.05) is 0 Å². The van der Waals surface area contributed by atoms with Crippen LogP contribution < -0.4 is 21.5 Å². The molecule has 0 spiro atoms. The molecule has 1 unspecified atom stereocenters. The summed E-state index contributed by atoms with van der Waals surface area (Å²) in [6, 6.07) is 3.63. The fourth-order valence-corrected chi connectivity index (χ4v) is 2.22. The Morgan fingerprint density at radius 3 is 2.50 bits per heavy atom. The van der Waals surface area contributed by atoms with Crippen LogP contribution in [0.15, 0.2) is 23.1 Å². The van der Waals surface area contributed by atoms with E-state index in [-0.39, 0.29) is 10.6 Å². The van der Waals surface area contributed by atoms with Gasteiger partial charge in [-0.1, -0.05) is 0 Å². The Balaban J connectivity index is 3.24. The van der Waals surface area contributed by atoms with E-state index in [9.17, 15) is 13.2 Å². The molecule has 0 heterocycles. The molecule has 6 N–H and O–H groups in total. The van der Waals surface area contributed by atoms with Crippen LogP contribution in [-0.4, -0.2) is 27.4 Å². The molecule has 7 nitrogen and oxygen atoms in total. The summed E-state index contributed by atoms with van der Waals surface area (Å²) in [5, 5.41) is 2.73. The van der Waals surface area contributed by atoms with Gasteiger partial charge in [0.2, 0.25) is 15.9 Å². The Hall–Kier alpha value is -1.80. The molecule has 0 aromatic heterocycles. The lowest BCUT2D eigenvalue weighted by molar-refractivity contribution is -0.118. The molecule has 0 bridgehead atoms. The lowest BCUT2D eigenvalue weighted by Crippen LogP contribution is -2.33. The van der Waals surface area contributed by atoms with E-state index < -0.39 is 22.0 Å². The fraction of sp³-hybridized carbons (Fsp3) is 0.300. The summed E-state index contributed by atoms with van der Waals surface area (Å²) in [5.74, 6) is -0.584. The topological polar surface area (TPSA) is 127 Å². The van der Waals surface area contributed by atoms with Crippen LogP contribution in [0.4, 0.5) is 11.4 Å². The quantitative estimate of drug-likeness (QED) is 0.535. The maximum atomic E-state index is 11.8. The number of sulfonamides is 1. The smallest absolute Gasteiger partial charge is 0.242 e. The Morgan fingerprint density at radius 1 is 1.39 bits per heavy atom. The van der Waals surface area contributed by atoms with Gasteiger partial charge < -0.3 is 16.8 Å². The zero-order valence-electron chi connectivity index (χ0n) is 10.1. The summed E-state index contributed by atoms with van der Waals surface area (Å²) < 4.78 is 25.8. The van der Waals surface area contributed by atoms with Crippen LogP contribution in [0.1, 0.15) is 6.92 Å². The Morgan fingerprint density at radius 2 is 2.00 bits per heavy atom. The molecule has 1 atom stereocenters. The molecular weight excluding hydrogens is 256 g/mol. The van der Waals surface area contributed by atoms with Gasteiger partial charge in [0.05, 0.1) is 5.69 Å². The maximum Gasteiger partial charge on any atom is 0.242 e. The van der Waals surface area contributed by atoms with E-state index in [0.717, 1.165) is 0 Å². The molecule has 0 radical (unpaired) electrons. The zero-order chi connectivity index (χ0) is 13.9. The highest BCUT2D eigenvalue weighted by Crippen LogP contribution is 2.24. The first-order valence-corrected chi connectivity index (χ1v) is 6.65. The van der Waals surface area contributed by atoms with Gasteiger partial charge in [-0.15, -0.1) is 0 Å². The van der Waals surface area contributed by atoms with Crippen molar-refractivity contribution in [3.05, 3.63) is 18.2 Å². The molecule has 8 heteroatoms. The first-order chi connectivity index (χ1) is 8.27. The van der Waals surface area contributed by atoms with Crippen molar-refractivity contribution < 1.29 is 13.2 Å². The van der Waals surface area contributed by atoms with Crippen LogP contribution in [-0.2, 0) is 14.8 Å². The Labute approximate surface area is 106 Å². The summed E-state index contributed by atoms with van der Waals surface area (Å²) in [4.78, 5) is 10.9. The number of carbonyl (C=O) groups excluding carboxylic acids is 1. The number of hydrogen-bond donors (Lipinski definition) is 4. The van der Waals surface area contributed by atoms with Crippen molar-refractivity contribution in [1.82, 2.24) is 4.72 Å². The first kappa shape index (κ1) is 14.3. The second-order valence-electron chi connectivity index (χ2n) is 3.73. The second-order valence-corrected chi connectivity index (χ2v) is 5.59. The third-order valence-corrected chi connectivity index (χ3v) is 3.82. The SMILES string of the molecule is CNS(=O)(=O)c1cc(N)ccc1NC(C)C(N)=O. The highest BCUT2D eigenvalue weighted by Gasteiger charge is 2.19. The van der Waals surface area contributed by atoms with E-state index in [2.05, 4.69) is 10.0 Å². The van der Waals surface area contributed by atoms with Gasteiger partial charge in [-0.3, -0.25) is 4.79 Å². The highest BCUT2D eigenvalue weighted by atomic mass is 32.2. The predicted molar refractivity (Wildman–Crippen MR) is 69.4 cm³/mol. The molecule has 0 saturated heterocycles. The van der Waals surface area contributed by atoms with Crippen LogP contribution in [0.5, 0.6) is 0 Å². The summed E-state index contributed by atoms with van der Waals surface area (Å²) in [7, 11) is -2.38. The number of benzene rings is 1. The van der Waals surface area contributed by atoms with Gasteiger partial charge >= 0.3 is 0 Å². The minimum absolute atomic E-state index is 0.0295. The molecule has 1 aromatic rings. The second kappa shape index (κ2) is 5.23. The molecule has 0 aliphatic carbocycles. The average molecular weight is 272 g/mol. The van der Waals surface area contributed by atoms with Gasteiger partial charge in [0.25, 0.3) is 0 Å². The molecule has 1 rings (SSSR count). The van der Waals surface area contributed by atoms with Crippen molar-refractivity contribution in [2.45, 2.75) is 17.9 Å². The van der Waals surface area contributed by atoms with E-state index in [1.54, 1.807) is 0 Å². The minimum Gasteiger partial charge on any atom is -0.399 e. The van der Waals surface area contributed by atoms with Gasteiger partial charge in [0, 0.05) is 5.69 Å². The van der Waals surface area contributed by atoms with E-state index in [4.69, 9.17) is 11.5 Å². The Kier molecular flexibility index (Phi) is 4.15. The zero-order valence-corrected chi connectivity index (χ0v) is 10.9. The lowest BCUT2D eigenvalue weighted by atomic mass is 10.2. The summed E-state index contributed by atoms with van der Waals surface area (Å²) >= 11 is 0. The molecule has 1 aromatic carbocycles. The monoisotopic (exact) mass is 272 g/mol. The summed E-state index contributed by atoms with van der Waals surface area (Å²) in [6.45, 7) is 1.54. The van der Waals surface area contributed by atoms with Gasteiger partial charge in [0.1, 0.15) is 10.9 Å². The van der Waals surface area contributed by atoms with Gasteiger partial charge in [-0.25, -0.2) is 13.1 Å². The number of nitrogens with one attached hydrogen (secondary N) is 2. The summed E-state index contributed by atoms with van der Waals surface area (Å²) in [5.41, 5.74) is 11.2. The van der Waals surface area contributed by atoms with Gasteiger partial charge in [-0.2, -0.15) is 0 Å². The molecular formula is C10H16N4O3S. The first-order valence-electron chi connectivity index (χ1n) is 5.17. The van der Waals surface area contributed by atoms with Gasteiger partial charge in [-0.05, 0) is 32.2 Å². The van der Waals surface area contributed by atoms with Crippen molar-refractivity contribution >= 4 is 27.3 Å². The molecule has 0 fully saturated rings. The highest BCUT2D eigenvalue weighted by molar-refractivity contribution is 7.89. The fourth-order valence-electron chi connectivity index (χ4n) is 1.29. The van der Waals surface area contributed by atoms with Crippen LogP contribution in [0, 0.1) is 0 Å². The van der Waals surface area contributed by atoms with Crippen molar-refractivity contribution in [1.29, 1.82) is 0 Å². The maximum absolute atomic E-state index is 11.8. The van der Waals surface area contributed by atoms with Crippen LogP contribution in [0.3, 0.4) is 0 Å². The van der Waals surface area contributed by atoms with Gasteiger partial charge in [0.15, 0.2) is 0 Å². The molecule has 0 aliphatic rings. The molecule has 0 saturated carbocycles. The van der Waals surface area contributed by atoms with E-state index >= 15 is 0 Å². The number of rotatable bonds is 5. The van der Waals surface area contributed by atoms with E-state index in [0.29, 0.717) is 5.69 Å². The van der Waals surface area contributed by atoms with Crippen molar-refractivity contribution in [2.24, 2.45) is 5.73 Å². The molecule has 18 heavy (non-hydrogen) atoms. The number of amides is 1. The number of primary amides is 1. The van der Waals surface area contributed by atoms with Crippen molar-refractivity contribution in [3.8, 4) is 0 Å². The number of nitrogens with two attached hydrogens (primary N) is 2. The Bertz CT molecular complexity index is 556. The molecule has 100 valence electrons. The number of hydrogen-bond acceptors (Lipinski definition) is 5. The number of nitrogen functional groups attached to an aromatic ring is 1. The predicted octanol–water partition coefficient (Wildman–Crippen LogP) is -0.537. The molecule has 1 amide bonds. The minimum atomic E-state index is -3.67. The third kappa shape index (κ3) is 3.11. The average Bonchev–Trinajstić information content (AvgIpc) is 2.31. The summed E-state index contributed by atoms with van der Waals surface area (Å²) in [6.07, 6.45) is 0. The van der Waals surface area contributed by atoms with Crippen molar-refractivity contribution in [2.75, 3.05) is 18.1 Å². The van der Waals surface area contributed by atoms with Crippen LogP contribution in [0.2, 0.25) is 0 Å². The van der Waals surface area contributed by atoms with Crippen molar-refractivity contribution in [3.63, 3.8) is 0 Å². The normalized spacial score (nSPS) is 13.0. The van der Waals surface area contributed by atoms with Crippen LogP contribution >= 0.6 is 0 Å². The lowest BCUT2D eigenvalue weighted by Gasteiger charge is -2.16.